The molecule has 74 valence electrons. The summed E-state index contributed by atoms with van der Waals surface area (Å²) in [5, 5.41) is 3.86. The van der Waals surface area contributed by atoms with Crippen LogP contribution in [0.2, 0.25) is 0 Å². The van der Waals surface area contributed by atoms with E-state index in [0.717, 1.165) is 12.1 Å². The largest absolute Gasteiger partial charge is 0.269 e. The predicted molar refractivity (Wildman–Crippen MR) is 59.7 cm³/mol. The molecule has 3 nitrogen and oxygen atoms in total. The Balaban J connectivity index is 2.45. The van der Waals surface area contributed by atoms with Crippen LogP contribution in [0.1, 0.15) is 20.3 Å². The summed E-state index contributed by atoms with van der Waals surface area (Å²) >= 11 is 0. The van der Waals surface area contributed by atoms with Gasteiger partial charge in [0.2, 0.25) is 0 Å². The van der Waals surface area contributed by atoms with E-state index in [1.807, 2.05) is 37.3 Å². The third-order valence-corrected chi connectivity index (χ3v) is 1.88. The van der Waals surface area contributed by atoms with Crippen LogP contribution in [0.25, 0.3) is 0 Å². The van der Waals surface area contributed by atoms with Crippen molar-refractivity contribution in [3.8, 4) is 0 Å². The Labute approximate surface area is 84.6 Å². The van der Waals surface area contributed by atoms with E-state index >= 15 is 0 Å². The number of anilines is 1. The van der Waals surface area contributed by atoms with Crippen LogP contribution in [0.4, 0.5) is 5.69 Å². The summed E-state index contributed by atoms with van der Waals surface area (Å²) in [7, 11) is 0. The highest BCUT2D eigenvalue weighted by Gasteiger charge is 1.89. The molecule has 14 heavy (non-hydrogen) atoms. The Morgan fingerprint density at radius 2 is 2.07 bits per heavy atom. The lowest BCUT2D eigenvalue weighted by atomic mass is 10.3. The van der Waals surface area contributed by atoms with Gasteiger partial charge in [0.1, 0.15) is 6.01 Å². The normalized spacial score (nSPS) is 11.3. The zero-order chi connectivity index (χ0) is 10.2. The van der Waals surface area contributed by atoms with E-state index in [0.29, 0.717) is 0 Å². The fraction of sp³-hybridized carbons (Fsp3) is 0.364. The van der Waals surface area contributed by atoms with Crippen molar-refractivity contribution in [2.75, 3.05) is 5.43 Å². The van der Waals surface area contributed by atoms with Crippen LogP contribution in [-0.4, -0.2) is 12.1 Å². The highest BCUT2D eigenvalue weighted by atomic mass is 15.3. The highest BCUT2D eigenvalue weighted by Crippen LogP contribution is 2.03. The maximum absolute atomic E-state index is 4.08. The van der Waals surface area contributed by atoms with Gasteiger partial charge in [-0.2, -0.15) is 0 Å². The molecule has 0 bridgehead atoms. The van der Waals surface area contributed by atoms with Crippen molar-refractivity contribution in [1.82, 2.24) is 0 Å². The predicted octanol–water partition coefficient (Wildman–Crippen LogP) is 2.99. The standard InChI is InChI=1S/C11H15N3/c1-3-10(2)12-9-13-14-11-7-5-4-6-8-11/h4-8,10,14H,3H2,1-2H3. The average molecular weight is 189 g/mol. The first-order valence-electron chi connectivity index (χ1n) is 4.78. The Hall–Kier alpha value is -1.60. The van der Waals surface area contributed by atoms with E-state index < -0.39 is 0 Å². The maximum atomic E-state index is 4.08. The second kappa shape index (κ2) is 5.95. The van der Waals surface area contributed by atoms with Crippen LogP contribution >= 0.6 is 0 Å². The van der Waals surface area contributed by atoms with E-state index in [1.54, 1.807) is 0 Å². The van der Waals surface area contributed by atoms with Gasteiger partial charge in [-0.05, 0) is 25.5 Å². The molecule has 0 aliphatic carbocycles. The van der Waals surface area contributed by atoms with E-state index in [4.69, 9.17) is 0 Å². The van der Waals surface area contributed by atoms with E-state index in [-0.39, 0.29) is 6.04 Å². The zero-order valence-electron chi connectivity index (χ0n) is 8.57. The SMILES string of the molecule is CCC(C)N=C=NNc1ccccc1. The number of benzene rings is 1. The van der Waals surface area contributed by atoms with Crippen molar-refractivity contribution in [3.05, 3.63) is 30.3 Å². The molecule has 0 aliphatic heterocycles. The second-order valence-corrected chi connectivity index (χ2v) is 3.08. The quantitative estimate of drug-likeness (QED) is 0.573. The van der Waals surface area contributed by atoms with Gasteiger partial charge >= 0.3 is 0 Å². The summed E-state index contributed by atoms with van der Waals surface area (Å²) in [4.78, 5) is 4.08. The number of hydrogen-bond acceptors (Lipinski definition) is 3. The number of rotatable bonds is 4. The monoisotopic (exact) mass is 189 g/mol. The second-order valence-electron chi connectivity index (χ2n) is 3.08. The summed E-state index contributed by atoms with van der Waals surface area (Å²) < 4.78 is 0. The molecular weight excluding hydrogens is 174 g/mol. The summed E-state index contributed by atoms with van der Waals surface area (Å²) in [5.74, 6) is 0. The summed E-state index contributed by atoms with van der Waals surface area (Å²) in [5.41, 5.74) is 3.79. The number of nitrogens with one attached hydrogen (secondary N) is 1. The van der Waals surface area contributed by atoms with Crippen LogP contribution < -0.4 is 5.43 Å². The first-order chi connectivity index (χ1) is 6.83. The number of hydrazone groups is 1. The van der Waals surface area contributed by atoms with E-state index in [9.17, 15) is 0 Å². The van der Waals surface area contributed by atoms with Crippen LogP contribution in [0, 0.1) is 0 Å². The van der Waals surface area contributed by atoms with Crippen molar-refractivity contribution in [2.24, 2.45) is 10.1 Å². The zero-order valence-corrected chi connectivity index (χ0v) is 8.57. The van der Waals surface area contributed by atoms with Gasteiger partial charge in [0.05, 0.1) is 11.7 Å². The number of nitrogens with zero attached hydrogens (tertiary/aromatic N) is 2. The molecule has 0 fully saturated rings. The highest BCUT2D eigenvalue weighted by molar-refractivity contribution is 5.48. The van der Waals surface area contributed by atoms with Crippen molar-refractivity contribution in [1.29, 1.82) is 0 Å². The minimum atomic E-state index is 0.288. The lowest BCUT2D eigenvalue weighted by Gasteiger charge is -1.96. The minimum absolute atomic E-state index is 0.288. The fourth-order valence-corrected chi connectivity index (χ4v) is 0.821. The smallest absolute Gasteiger partial charge is 0.115 e. The van der Waals surface area contributed by atoms with Crippen LogP contribution in [0.15, 0.2) is 40.4 Å². The third-order valence-electron chi connectivity index (χ3n) is 1.88. The van der Waals surface area contributed by atoms with Gasteiger partial charge in [-0.15, -0.1) is 5.10 Å². The maximum Gasteiger partial charge on any atom is 0.115 e. The average Bonchev–Trinajstić information content (AvgIpc) is 2.25. The van der Waals surface area contributed by atoms with Gasteiger partial charge in [0, 0.05) is 0 Å². The van der Waals surface area contributed by atoms with E-state index in [1.165, 1.54) is 0 Å². The van der Waals surface area contributed by atoms with Gasteiger partial charge in [0.15, 0.2) is 0 Å². The Morgan fingerprint density at radius 3 is 2.71 bits per heavy atom. The molecule has 1 rings (SSSR count). The third kappa shape index (κ3) is 3.87. The molecule has 1 atom stereocenters. The van der Waals surface area contributed by atoms with Crippen LogP contribution in [0.5, 0.6) is 0 Å². The van der Waals surface area contributed by atoms with Crippen LogP contribution in [-0.2, 0) is 0 Å². The van der Waals surface area contributed by atoms with Gasteiger partial charge in [0.25, 0.3) is 0 Å². The van der Waals surface area contributed by atoms with Crippen LogP contribution in [0.3, 0.4) is 0 Å². The molecule has 1 N–H and O–H groups in total. The minimum Gasteiger partial charge on any atom is -0.269 e. The number of aliphatic imine (C=N–C) groups is 1. The molecule has 1 aromatic carbocycles. The van der Waals surface area contributed by atoms with Gasteiger partial charge in [-0.3, -0.25) is 5.43 Å². The van der Waals surface area contributed by atoms with Crippen molar-refractivity contribution in [3.63, 3.8) is 0 Å². The molecule has 1 unspecified atom stereocenters. The summed E-state index contributed by atoms with van der Waals surface area (Å²) in [6.07, 6.45) is 1.01. The first-order valence-corrected chi connectivity index (χ1v) is 4.78. The Bertz CT molecular complexity index is 313. The molecule has 0 amide bonds. The topological polar surface area (TPSA) is 36.8 Å². The molecule has 0 aromatic heterocycles. The molecule has 0 heterocycles. The summed E-state index contributed by atoms with van der Waals surface area (Å²) in [6, 6.07) is 12.6. The lowest BCUT2D eigenvalue weighted by Crippen LogP contribution is -1.93. The molecule has 0 saturated carbocycles. The van der Waals surface area contributed by atoms with E-state index in [2.05, 4.69) is 28.5 Å². The molecule has 1 aromatic rings. The van der Waals surface area contributed by atoms with Crippen molar-refractivity contribution < 1.29 is 0 Å². The number of para-hydroxylation sites is 1. The molecule has 0 saturated heterocycles. The molecule has 0 radical (unpaired) electrons. The summed E-state index contributed by atoms with van der Waals surface area (Å²) in [6.45, 7) is 4.12. The fourth-order valence-electron chi connectivity index (χ4n) is 0.821. The molecule has 0 aliphatic rings. The Kier molecular flexibility index (Phi) is 4.45. The van der Waals surface area contributed by atoms with Gasteiger partial charge in [-0.1, -0.05) is 25.1 Å². The molecular formula is C11H15N3. The van der Waals surface area contributed by atoms with Crippen molar-refractivity contribution in [2.45, 2.75) is 26.3 Å². The van der Waals surface area contributed by atoms with Gasteiger partial charge in [-0.25, -0.2) is 4.99 Å². The molecule has 3 heteroatoms. The first kappa shape index (κ1) is 10.5. The number of hydrogen-bond donors (Lipinski definition) is 1. The Morgan fingerprint density at radius 1 is 1.36 bits per heavy atom. The van der Waals surface area contributed by atoms with Crippen molar-refractivity contribution >= 4 is 11.7 Å². The van der Waals surface area contributed by atoms with Gasteiger partial charge < -0.3 is 0 Å². The molecule has 0 spiro atoms. The lowest BCUT2D eigenvalue weighted by molar-refractivity contribution is 0.720.